The number of anilines is 1. The lowest BCUT2D eigenvalue weighted by Gasteiger charge is -2.32. The summed E-state index contributed by atoms with van der Waals surface area (Å²) in [7, 11) is 5.30. The molecule has 316 valence electrons. The van der Waals surface area contributed by atoms with E-state index in [1.54, 1.807) is 38.5 Å². The molecular weight excluding hydrogens is 752 g/mol. The predicted octanol–water partition coefficient (Wildman–Crippen LogP) is 7.02. The Morgan fingerprint density at radius 2 is 0.915 bits per heavy atom. The fourth-order valence-electron chi connectivity index (χ4n) is 6.09. The molecule has 0 atom stereocenters. The zero-order valence-corrected chi connectivity index (χ0v) is 36.9. The van der Waals surface area contributed by atoms with E-state index >= 15 is 0 Å². The third-order valence-electron chi connectivity index (χ3n) is 11.3. The molecule has 2 saturated heterocycles. The zero-order valence-electron chi connectivity index (χ0n) is 36.9. The molecular formula is C45H59B2NO11. The molecule has 0 aromatic heterocycles. The summed E-state index contributed by atoms with van der Waals surface area (Å²) in [5, 5.41) is 8.71. The van der Waals surface area contributed by atoms with Gasteiger partial charge in [-0.25, -0.2) is 4.79 Å². The fourth-order valence-corrected chi connectivity index (χ4v) is 6.09. The van der Waals surface area contributed by atoms with Crippen molar-refractivity contribution < 1.29 is 52.3 Å². The van der Waals surface area contributed by atoms with Crippen molar-refractivity contribution in [3.05, 3.63) is 101 Å². The number of ether oxygens (including phenoxy) is 4. The van der Waals surface area contributed by atoms with Crippen LogP contribution in [0.2, 0.25) is 0 Å². The molecule has 0 spiro atoms. The largest absolute Gasteiger partial charge is 0.497 e. The fraction of sp³-hybridized carbons (Fsp3) is 0.422. The number of aryl methyl sites for hydroxylation is 2. The summed E-state index contributed by atoms with van der Waals surface area (Å²) in [5.74, 6) is 1.11. The Labute approximate surface area is 349 Å². The smallest absolute Gasteiger partial charge is 0.495 e. The Morgan fingerprint density at radius 1 is 0.559 bits per heavy atom. The Morgan fingerprint density at radius 3 is 1.29 bits per heavy atom. The summed E-state index contributed by atoms with van der Waals surface area (Å²) in [6.07, 6.45) is 0.267. The standard InChI is InChI=1S/C23H29BO5.C13H20BNO2.C9H10O4/c1-15-8-9-16(10-20(15)24-28-22(2,3)23(4,5)29-24)11-21(25)17-12-18(26-6)14-19(13-17)27-7;1-9-6-7-10(15)8-11(9)14-16-12(2,3)13(4,5)17-14;1-12-7-3-6(9(10)11)4-8(5-7)13-2/h8-10,12-14H,11H2,1-7H3;6-8H,15H2,1-5H3;3-5H,1-2H3,(H,10,11). The quantitative estimate of drug-likeness (QED) is 0.0962. The molecule has 0 radical (unpaired) electrons. The molecule has 14 heteroatoms. The van der Waals surface area contributed by atoms with Gasteiger partial charge in [-0.2, -0.15) is 0 Å². The van der Waals surface area contributed by atoms with Crippen molar-refractivity contribution in [2.24, 2.45) is 0 Å². The zero-order chi connectivity index (χ0) is 44.1. The highest BCUT2D eigenvalue weighted by atomic mass is 16.7. The number of nitrogens with two attached hydrogens (primary N) is 1. The van der Waals surface area contributed by atoms with Crippen molar-refractivity contribution in [1.29, 1.82) is 0 Å². The van der Waals surface area contributed by atoms with Gasteiger partial charge >= 0.3 is 20.2 Å². The van der Waals surface area contributed by atoms with Crippen molar-refractivity contribution in [3.63, 3.8) is 0 Å². The molecule has 2 heterocycles. The lowest BCUT2D eigenvalue weighted by molar-refractivity contribution is 0.00578. The first kappa shape index (κ1) is 46.7. The molecule has 6 rings (SSSR count). The van der Waals surface area contributed by atoms with Gasteiger partial charge in [0.1, 0.15) is 23.0 Å². The molecule has 0 bridgehead atoms. The SMILES string of the molecule is COc1cc(OC)cc(C(=O)Cc2ccc(C)c(B3OC(C)(C)C(C)(C)O3)c2)c1.COc1cc(OC)cc(C(=O)O)c1.Cc1ccc(N)cc1B1OC(C)(C)C(C)(C)O1. The van der Waals surface area contributed by atoms with Crippen LogP contribution in [0.4, 0.5) is 5.69 Å². The van der Waals surface area contributed by atoms with Gasteiger partial charge in [0.2, 0.25) is 0 Å². The molecule has 2 aliphatic rings. The molecule has 0 unspecified atom stereocenters. The normalized spacial score (nSPS) is 16.8. The summed E-state index contributed by atoms with van der Waals surface area (Å²) in [6.45, 7) is 20.4. The summed E-state index contributed by atoms with van der Waals surface area (Å²) in [4.78, 5) is 23.5. The summed E-state index contributed by atoms with van der Waals surface area (Å²) in [6, 6.07) is 21.5. The van der Waals surface area contributed by atoms with Crippen molar-refractivity contribution >= 4 is 42.6 Å². The van der Waals surface area contributed by atoms with Crippen LogP contribution in [-0.4, -0.2) is 81.9 Å². The monoisotopic (exact) mass is 811 g/mol. The number of nitrogen functional groups attached to an aromatic ring is 1. The third kappa shape index (κ3) is 11.2. The van der Waals surface area contributed by atoms with Crippen LogP contribution in [0.15, 0.2) is 72.8 Å². The van der Waals surface area contributed by atoms with Gasteiger partial charge < -0.3 is 48.4 Å². The second-order valence-electron chi connectivity index (χ2n) is 16.6. The minimum Gasteiger partial charge on any atom is -0.497 e. The van der Waals surface area contributed by atoms with E-state index in [-0.39, 0.29) is 36.1 Å². The Balaban J connectivity index is 0.000000216. The van der Waals surface area contributed by atoms with Crippen LogP contribution in [0, 0.1) is 13.8 Å². The van der Waals surface area contributed by atoms with E-state index in [9.17, 15) is 9.59 Å². The Hall–Kier alpha value is -5.01. The van der Waals surface area contributed by atoms with Crippen LogP contribution in [0.5, 0.6) is 23.0 Å². The van der Waals surface area contributed by atoms with E-state index in [0.717, 1.165) is 33.3 Å². The third-order valence-corrected chi connectivity index (χ3v) is 11.3. The van der Waals surface area contributed by atoms with Crippen LogP contribution in [0.1, 0.15) is 92.8 Å². The van der Waals surface area contributed by atoms with Gasteiger partial charge in [0.15, 0.2) is 5.78 Å². The van der Waals surface area contributed by atoms with Crippen LogP contribution in [0.25, 0.3) is 0 Å². The number of carbonyl (C=O) groups excluding carboxylic acids is 1. The topological polar surface area (TPSA) is 154 Å². The molecule has 3 N–H and O–H groups in total. The van der Waals surface area contributed by atoms with Gasteiger partial charge in [-0.3, -0.25) is 4.79 Å². The molecule has 12 nitrogen and oxygen atoms in total. The van der Waals surface area contributed by atoms with Crippen LogP contribution < -0.4 is 35.6 Å². The number of rotatable bonds is 10. The molecule has 4 aromatic carbocycles. The second-order valence-corrected chi connectivity index (χ2v) is 16.6. The van der Waals surface area contributed by atoms with Gasteiger partial charge in [0.05, 0.1) is 56.4 Å². The lowest BCUT2D eigenvalue weighted by Crippen LogP contribution is -2.41. The number of aromatic carboxylic acids is 1. The molecule has 2 fully saturated rings. The van der Waals surface area contributed by atoms with Crippen LogP contribution in [-0.2, 0) is 25.0 Å². The maximum atomic E-state index is 12.9. The number of methoxy groups -OCH3 is 4. The average molecular weight is 812 g/mol. The summed E-state index contributed by atoms with van der Waals surface area (Å²) in [5.41, 5.74) is 10.9. The Bertz CT molecular complexity index is 2060. The average Bonchev–Trinajstić information content (AvgIpc) is 3.55. The number of carbonyl (C=O) groups is 2. The van der Waals surface area contributed by atoms with Crippen molar-refractivity contribution in [1.82, 2.24) is 0 Å². The van der Waals surface area contributed by atoms with E-state index in [4.69, 9.17) is 48.4 Å². The van der Waals surface area contributed by atoms with E-state index in [1.807, 2.05) is 77.9 Å². The summed E-state index contributed by atoms with van der Waals surface area (Å²) < 4.78 is 44.8. The first-order valence-electron chi connectivity index (χ1n) is 19.4. The van der Waals surface area contributed by atoms with Crippen molar-refractivity contribution in [2.45, 2.75) is 98.1 Å². The van der Waals surface area contributed by atoms with Gasteiger partial charge in [-0.05, 0) is 122 Å². The minimum atomic E-state index is -1.00. The number of hydrogen-bond donors (Lipinski definition) is 2. The van der Waals surface area contributed by atoms with Gasteiger partial charge in [0.25, 0.3) is 0 Å². The number of carboxylic acids is 1. The molecule has 59 heavy (non-hydrogen) atoms. The van der Waals surface area contributed by atoms with Gasteiger partial charge in [0, 0.05) is 29.8 Å². The maximum absolute atomic E-state index is 12.9. The number of carboxylic acid groups (broad SMARTS) is 1. The van der Waals surface area contributed by atoms with Gasteiger partial charge in [-0.1, -0.05) is 35.4 Å². The van der Waals surface area contributed by atoms with E-state index in [2.05, 4.69) is 27.7 Å². The highest BCUT2D eigenvalue weighted by Crippen LogP contribution is 2.38. The predicted molar refractivity (Wildman–Crippen MR) is 232 cm³/mol. The number of Topliss-reactive ketones (excluding diaryl/α,β-unsaturated/α-hetero) is 1. The van der Waals surface area contributed by atoms with E-state index in [0.29, 0.717) is 28.6 Å². The first-order valence-corrected chi connectivity index (χ1v) is 19.4. The Kier molecular flexibility index (Phi) is 14.6. The van der Waals surface area contributed by atoms with Crippen LogP contribution >= 0.6 is 0 Å². The van der Waals surface area contributed by atoms with Crippen molar-refractivity contribution in [2.75, 3.05) is 34.2 Å². The minimum absolute atomic E-state index is 0.00841. The molecule has 4 aromatic rings. The molecule has 2 aliphatic heterocycles. The molecule has 0 aliphatic carbocycles. The number of benzene rings is 4. The molecule has 0 saturated carbocycles. The molecule has 0 amide bonds. The highest BCUT2D eigenvalue weighted by molar-refractivity contribution is 6.63. The lowest BCUT2D eigenvalue weighted by atomic mass is 9.75. The maximum Gasteiger partial charge on any atom is 0.495 e. The van der Waals surface area contributed by atoms with E-state index in [1.165, 1.54) is 26.4 Å². The summed E-state index contributed by atoms with van der Waals surface area (Å²) >= 11 is 0. The van der Waals surface area contributed by atoms with Gasteiger partial charge in [-0.15, -0.1) is 0 Å². The second kappa shape index (κ2) is 18.5. The first-order chi connectivity index (χ1) is 27.5. The number of hydrogen-bond acceptors (Lipinski definition) is 11. The van der Waals surface area contributed by atoms with Crippen LogP contribution in [0.3, 0.4) is 0 Å². The highest BCUT2D eigenvalue weighted by Gasteiger charge is 2.53. The van der Waals surface area contributed by atoms with E-state index < -0.39 is 24.3 Å². The number of ketones is 1. The van der Waals surface area contributed by atoms with Crippen molar-refractivity contribution in [3.8, 4) is 23.0 Å².